The van der Waals surface area contributed by atoms with E-state index in [0.717, 1.165) is 34.6 Å². The highest BCUT2D eigenvalue weighted by Gasteiger charge is 2.06. The molecular weight excluding hydrogens is 262 g/mol. The van der Waals surface area contributed by atoms with E-state index >= 15 is 0 Å². The average molecular weight is 279 g/mol. The lowest BCUT2D eigenvalue weighted by molar-refractivity contribution is 0.281. The van der Waals surface area contributed by atoms with E-state index in [2.05, 4.69) is 22.2 Å². The zero-order valence-corrected chi connectivity index (χ0v) is 11.9. The maximum absolute atomic E-state index is 9.35. The summed E-state index contributed by atoms with van der Waals surface area (Å²) in [6.07, 6.45) is 4.61. The monoisotopic (exact) mass is 279 g/mol. The minimum absolute atomic E-state index is 0.00926. The molecule has 0 aliphatic rings. The Labute approximate surface area is 123 Å². The molecule has 0 atom stereocenters. The van der Waals surface area contributed by atoms with Crippen LogP contribution in [0.4, 0.5) is 0 Å². The first-order valence-electron chi connectivity index (χ1n) is 7.01. The van der Waals surface area contributed by atoms with Crippen molar-refractivity contribution in [3.8, 4) is 16.9 Å². The van der Waals surface area contributed by atoms with Crippen molar-refractivity contribution in [1.82, 2.24) is 14.8 Å². The van der Waals surface area contributed by atoms with E-state index < -0.39 is 0 Å². The maximum Gasteiger partial charge on any atom is 0.153 e. The molecular formula is C17H17N3O. The van der Waals surface area contributed by atoms with Crippen molar-refractivity contribution in [2.75, 3.05) is 0 Å². The van der Waals surface area contributed by atoms with Crippen LogP contribution in [-0.2, 0) is 13.0 Å². The fourth-order valence-electron chi connectivity index (χ4n) is 2.25. The van der Waals surface area contributed by atoms with Crippen LogP contribution >= 0.6 is 0 Å². The molecule has 0 saturated heterocycles. The number of pyridine rings is 1. The zero-order chi connectivity index (χ0) is 14.7. The maximum atomic E-state index is 9.35. The van der Waals surface area contributed by atoms with Gasteiger partial charge in [0.25, 0.3) is 0 Å². The Bertz CT molecular complexity index is 713. The molecule has 3 rings (SSSR count). The Morgan fingerprint density at radius 3 is 2.62 bits per heavy atom. The standard InChI is InChI=1S/C17H17N3O/c1-2-16-8-13(12-21)9-17(19-16)20-11-15(10-18-20)14-6-4-3-5-7-14/h3-11,21H,2,12H2,1H3. The molecule has 0 amide bonds. The number of aliphatic hydroxyl groups is 1. The zero-order valence-electron chi connectivity index (χ0n) is 11.9. The highest BCUT2D eigenvalue weighted by atomic mass is 16.3. The van der Waals surface area contributed by atoms with Crippen LogP contribution in [-0.4, -0.2) is 19.9 Å². The largest absolute Gasteiger partial charge is 0.392 e. The first kappa shape index (κ1) is 13.5. The van der Waals surface area contributed by atoms with Gasteiger partial charge in [-0.15, -0.1) is 0 Å². The van der Waals surface area contributed by atoms with Crippen molar-refractivity contribution in [3.63, 3.8) is 0 Å². The Balaban J connectivity index is 2.00. The summed E-state index contributed by atoms with van der Waals surface area (Å²) in [5.41, 5.74) is 3.98. The fourth-order valence-corrected chi connectivity index (χ4v) is 2.25. The van der Waals surface area contributed by atoms with Crippen LogP contribution in [0.1, 0.15) is 18.2 Å². The lowest BCUT2D eigenvalue weighted by Crippen LogP contribution is -2.02. The minimum atomic E-state index is 0.00926. The van der Waals surface area contributed by atoms with Crippen LogP contribution in [0.5, 0.6) is 0 Å². The SMILES string of the molecule is CCc1cc(CO)cc(-n2cc(-c3ccccc3)cn2)n1. The highest BCUT2D eigenvalue weighted by Crippen LogP contribution is 2.19. The van der Waals surface area contributed by atoms with Gasteiger partial charge >= 0.3 is 0 Å². The van der Waals surface area contributed by atoms with E-state index in [9.17, 15) is 5.11 Å². The molecule has 106 valence electrons. The summed E-state index contributed by atoms with van der Waals surface area (Å²) in [5.74, 6) is 0.737. The van der Waals surface area contributed by atoms with Crippen molar-refractivity contribution >= 4 is 0 Å². The van der Waals surface area contributed by atoms with Crippen molar-refractivity contribution in [3.05, 3.63) is 66.1 Å². The van der Waals surface area contributed by atoms with Gasteiger partial charge < -0.3 is 5.11 Å². The predicted molar refractivity (Wildman–Crippen MR) is 82.1 cm³/mol. The van der Waals surface area contributed by atoms with E-state index in [4.69, 9.17) is 0 Å². The summed E-state index contributed by atoms with van der Waals surface area (Å²) in [7, 11) is 0. The van der Waals surface area contributed by atoms with Gasteiger partial charge in [-0.05, 0) is 29.7 Å². The van der Waals surface area contributed by atoms with Crippen molar-refractivity contribution in [2.24, 2.45) is 0 Å². The van der Waals surface area contributed by atoms with Crippen molar-refractivity contribution in [2.45, 2.75) is 20.0 Å². The Hall–Kier alpha value is -2.46. The molecule has 1 N–H and O–H groups in total. The number of aromatic nitrogens is 3. The molecule has 0 fully saturated rings. The number of nitrogens with zero attached hydrogens (tertiary/aromatic N) is 3. The van der Waals surface area contributed by atoms with E-state index in [1.54, 1.807) is 4.68 Å². The normalized spacial score (nSPS) is 10.8. The summed E-state index contributed by atoms with van der Waals surface area (Å²) in [6.45, 7) is 2.06. The number of aryl methyl sites for hydroxylation is 1. The van der Waals surface area contributed by atoms with Crippen molar-refractivity contribution < 1.29 is 5.11 Å². The third-order valence-corrected chi connectivity index (χ3v) is 3.39. The predicted octanol–water partition coefficient (Wildman–Crippen LogP) is 2.99. The van der Waals surface area contributed by atoms with Gasteiger partial charge in [0.2, 0.25) is 0 Å². The van der Waals surface area contributed by atoms with E-state index in [1.807, 2.05) is 49.6 Å². The molecule has 1 aromatic carbocycles. The van der Waals surface area contributed by atoms with Crippen LogP contribution < -0.4 is 0 Å². The van der Waals surface area contributed by atoms with Gasteiger partial charge in [-0.25, -0.2) is 9.67 Å². The molecule has 0 aliphatic carbocycles. The molecule has 0 radical (unpaired) electrons. The highest BCUT2D eigenvalue weighted by molar-refractivity contribution is 5.61. The number of benzene rings is 1. The van der Waals surface area contributed by atoms with Crippen LogP contribution in [0.2, 0.25) is 0 Å². The van der Waals surface area contributed by atoms with E-state index in [-0.39, 0.29) is 6.61 Å². The van der Waals surface area contributed by atoms with E-state index in [1.165, 1.54) is 0 Å². The van der Waals surface area contributed by atoms with Crippen LogP contribution in [0.3, 0.4) is 0 Å². The van der Waals surface area contributed by atoms with Gasteiger partial charge in [-0.2, -0.15) is 5.10 Å². The topological polar surface area (TPSA) is 50.9 Å². The molecule has 0 unspecified atom stereocenters. The summed E-state index contributed by atoms with van der Waals surface area (Å²) in [4.78, 5) is 4.57. The first-order valence-corrected chi connectivity index (χ1v) is 7.01. The molecule has 0 aliphatic heterocycles. The lowest BCUT2D eigenvalue weighted by Gasteiger charge is -2.06. The Kier molecular flexibility index (Phi) is 3.79. The summed E-state index contributed by atoms with van der Waals surface area (Å²) in [5, 5.41) is 13.7. The molecule has 4 heteroatoms. The average Bonchev–Trinajstić information content (AvgIpc) is 3.05. The number of rotatable bonds is 4. The van der Waals surface area contributed by atoms with Gasteiger partial charge in [-0.1, -0.05) is 37.3 Å². The van der Waals surface area contributed by atoms with Crippen molar-refractivity contribution in [1.29, 1.82) is 0 Å². The molecule has 21 heavy (non-hydrogen) atoms. The first-order chi connectivity index (χ1) is 10.3. The van der Waals surface area contributed by atoms with Crippen LogP contribution in [0.15, 0.2) is 54.9 Å². The van der Waals surface area contributed by atoms with Gasteiger partial charge in [0.1, 0.15) is 0 Å². The van der Waals surface area contributed by atoms with Gasteiger partial charge in [0.05, 0.1) is 12.8 Å². The molecule has 4 nitrogen and oxygen atoms in total. The van der Waals surface area contributed by atoms with Crippen LogP contribution in [0, 0.1) is 0 Å². The molecule has 2 aromatic heterocycles. The molecule has 3 aromatic rings. The molecule has 0 saturated carbocycles. The number of aliphatic hydroxyl groups excluding tert-OH is 1. The lowest BCUT2D eigenvalue weighted by atomic mass is 10.1. The second-order valence-electron chi connectivity index (χ2n) is 4.88. The second kappa shape index (κ2) is 5.89. The quantitative estimate of drug-likeness (QED) is 0.798. The molecule has 0 bridgehead atoms. The Morgan fingerprint density at radius 2 is 1.90 bits per heavy atom. The summed E-state index contributed by atoms with van der Waals surface area (Å²) >= 11 is 0. The minimum Gasteiger partial charge on any atom is -0.392 e. The molecule has 2 heterocycles. The summed E-state index contributed by atoms with van der Waals surface area (Å²) < 4.78 is 1.75. The third-order valence-electron chi connectivity index (χ3n) is 3.39. The second-order valence-corrected chi connectivity index (χ2v) is 4.88. The third kappa shape index (κ3) is 2.85. The molecule has 0 spiro atoms. The number of hydrogen-bond donors (Lipinski definition) is 1. The number of hydrogen-bond acceptors (Lipinski definition) is 3. The van der Waals surface area contributed by atoms with Gasteiger partial charge in [-0.3, -0.25) is 0 Å². The smallest absolute Gasteiger partial charge is 0.153 e. The van der Waals surface area contributed by atoms with E-state index in [0.29, 0.717) is 0 Å². The van der Waals surface area contributed by atoms with Gasteiger partial charge in [0.15, 0.2) is 5.82 Å². The Morgan fingerprint density at radius 1 is 1.10 bits per heavy atom. The summed E-state index contributed by atoms with van der Waals surface area (Å²) in [6, 6.07) is 13.9. The van der Waals surface area contributed by atoms with Crippen LogP contribution in [0.25, 0.3) is 16.9 Å². The van der Waals surface area contributed by atoms with Gasteiger partial charge in [0, 0.05) is 17.5 Å². The fraction of sp³-hybridized carbons (Fsp3) is 0.176.